The summed E-state index contributed by atoms with van der Waals surface area (Å²) in [5.74, 6) is -0.201. The summed E-state index contributed by atoms with van der Waals surface area (Å²) in [5.41, 5.74) is 3.03. The van der Waals surface area contributed by atoms with Crippen molar-refractivity contribution in [1.82, 2.24) is 0 Å². The van der Waals surface area contributed by atoms with Crippen LogP contribution in [-0.4, -0.2) is 38.2 Å². The van der Waals surface area contributed by atoms with Crippen molar-refractivity contribution in [1.29, 1.82) is 0 Å². The molecular formula is C27H25ClN2O8S3. The summed E-state index contributed by atoms with van der Waals surface area (Å²) in [6.07, 6.45) is 3.96. The highest BCUT2D eigenvalue weighted by Gasteiger charge is 2.28. The van der Waals surface area contributed by atoms with Crippen LogP contribution >= 0.6 is 22.9 Å². The third-order valence-electron chi connectivity index (χ3n) is 6.33. The standard InChI is InChI=1S/C27H25ClN2O8S3/c1-2-18(13-26-29(10-4-12-40(31,32)33)22-16-20(28)7-9-24(22)37-26)14-27-30(17-41(34,35)36)21-15-19(6-8-23(21)38-27)25-5-3-11-39-25/h3,5-9,11,13-16H,2,4,10,12,17H2,1H3,(H-,31,32,33,34,35,36). The summed E-state index contributed by atoms with van der Waals surface area (Å²) in [7, 11) is -8.82. The van der Waals surface area contributed by atoms with Gasteiger partial charge in [-0.05, 0) is 65.8 Å². The first kappa shape index (κ1) is 29.3. The number of nitrogens with zero attached hydrogens (tertiary/aromatic N) is 2. The molecule has 2 aromatic carbocycles. The van der Waals surface area contributed by atoms with Crippen molar-refractivity contribution in [3.05, 3.63) is 82.4 Å². The maximum Gasteiger partial charge on any atom is 0.375 e. The second kappa shape index (κ2) is 11.6. The maximum absolute atomic E-state index is 11.9. The van der Waals surface area contributed by atoms with Gasteiger partial charge in [-0.3, -0.25) is 4.55 Å². The van der Waals surface area contributed by atoms with Crippen molar-refractivity contribution in [3.63, 3.8) is 0 Å². The number of benzene rings is 2. The highest BCUT2D eigenvalue weighted by molar-refractivity contribution is 7.85. The van der Waals surface area contributed by atoms with Gasteiger partial charge < -0.3 is 18.6 Å². The maximum atomic E-state index is 11.9. The zero-order chi connectivity index (χ0) is 29.4. The molecule has 0 amide bonds. The van der Waals surface area contributed by atoms with Crippen molar-refractivity contribution in [2.75, 3.05) is 17.2 Å². The molecule has 0 spiro atoms. The molecule has 2 aromatic heterocycles. The molecule has 5 rings (SSSR count). The first-order chi connectivity index (χ1) is 19.4. The van der Waals surface area contributed by atoms with E-state index in [1.165, 1.54) is 15.9 Å². The fraction of sp³-hybridized carbons (Fsp3) is 0.222. The number of oxazole rings is 1. The van der Waals surface area contributed by atoms with E-state index in [0.717, 1.165) is 10.4 Å². The number of fused-ring (bicyclic) bond motifs is 2. The van der Waals surface area contributed by atoms with Crippen molar-refractivity contribution >= 4 is 66.0 Å². The Morgan fingerprint density at radius 2 is 1.98 bits per heavy atom. The minimum absolute atomic E-state index is 0.119. The average molecular weight is 637 g/mol. The summed E-state index contributed by atoms with van der Waals surface area (Å²) in [5, 5.41) is 2.40. The van der Waals surface area contributed by atoms with Gasteiger partial charge >= 0.3 is 5.89 Å². The normalized spacial score (nSPS) is 15.1. The molecular weight excluding hydrogens is 612 g/mol. The topological polar surface area (TPSA) is 141 Å². The number of hydrogen-bond acceptors (Lipinski definition) is 9. The predicted octanol–water partition coefficient (Wildman–Crippen LogP) is 5.42. The molecule has 1 aliphatic heterocycles. The van der Waals surface area contributed by atoms with Gasteiger partial charge in [-0.25, -0.2) is 8.42 Å². The Kier molecular flexibility index (Phi) is 8.28. The number of ether oxygens (including phenoxy) is 1. The first-order valence-electron chi connectivity index (χ1n) is 12.5. The quantitative estimate of drug-likeness (QED) is 0.178. The molecule has 0 saturated carbocycles. The number of rotatable bonds is 10. The van der Waals surface area contributed by atoms with Crippen LogP contribution in [0.3, 0.4) is 0 Å². The zero-order valence-corrected chi connectivity index (χ0v) is 24.9. The highest BCUT2D eigenvalue weighted by Crippen LogP contribution is 2.41. The minimum Gasteiger partial charge on any atom is -0.743 e. The summed E-state index contributed by atoms with van der Waals surface area (Å²) >= 11 is 7.73. The summed E-state index contributed by atoms with van der Waals surface area (Å²) < 4.78 is 80.7. The average Bonchev–Trinajstić information content (AvgIpc) is 3.61. The van der Waals surface area contributed by atoms with Crippen LogP contribution in [0, 0.1) is 0 Å². The van der Waals surface area contributed by atoms with Gasteiger partial charge in [0.25, 0.3) is 15.6 Å². The van der Waals surface area contributed by atoms with E-state index in [4.69, 9.17) is 20.8 Å². The van der Waals surface area contributed by atoms with E-state index >= 15 is 0 Å². The third-order valence-corrected chi connectivity index (χ3v) is 8.86. The Labute approximate surface area is 246 Å². The van der Waals surface area contributed by atoms with Gasteiger partial charge in [-0.15, -0.1) is 15.9 Å². The Bertz CT molecular complexity index is 1880. The van der Waals surface area contributed by atoms with Crippen LogP contribution in [-0.2, 0) is 26.1 Å². The van der Waals surface area contributed by atoms with E-state index in [9.17, 15) is 25.9 Å². The molecule has 41 heavy (non-hydrogen) atoms. The summed E-state index contributed by atoms with van der Waals surface area (Å²) in [4.78, 5) is 2.73. The largest absolute Gasteiger partial charge is 0.743 e. The van der Waals surface area contributed by atoms with Crippen LogP contribution in [0.1, 0.15) is 25.7 Å². The van der Waals surface area contributed by atoms with E-state index in [0.29, 0.717) is 45.4 Å². The van der Waals surface area contributed by atoms with Crippen LogP contribution in [0.5, 0.6) is 5.75 Å². The van der Waals surface area contributed by atoms with E-state index in [-0.39, 0.29) is 18.9 Å². The lowest BCUT2D eigenvalue weighted by Crippen LogP contribution is -2.39. The number of hydrogen-bond donors (Lipinski definition) is 1. The lowest BCUT2D eigenvalue weighted by atomic mass is 10.1. The van der Waals surface area contributed by atoms with E-state index in [1.54, 1.807) is 47.4 Å². The van der Waals surface area contributed by atoms with Crippen molar-refractivity contribution in [2.45, 2.75) is 25.6 Å². The number of anilines is 1. The van der Waals surface area contributed by atoms with Crippen molar-refractivity contribution in [3.8, 4) is 16.2 Å². The molecule has 3 heterocycles. The second-order valence-electron chi connectivity index (χ2n) is 9.28. The molecule has 1 aliphatic rings. The van der Waals surface area contributed by atoms with Crippen LogP contribution in [0.25, 0.3) is 27.6 Å². The van der Waals surface area contributed by atoms with Crippen molar-refractivity contribution < 1.29 is 39.7 Å². The number of thiophene rings is 1. The van der Waals surface area contributed by atoms with Crippen LogP contribution in [0.15, 0.2) is 75.9 Å². The molecule has 1 N–H and O–H groups in total. The molecule has 0 atom stereocenters. The van der Waals surface area contributed by atoms with Gasteiger partial charge in [-0.2, -0.15) is 8.42 Å². The molecule has 14 heteroatoms. The zero-order valence-electron chi connectivity index (χ0n) is 21.7. The van der Waals surface area contributed by atoms with Gasteiger partial charge in [0.2, 0.25) is 17.3 Å². The fourth-order valence-electron chi connectivity index (χ4n) is 4.48. The number of allylic oxidation sites excluding steroid dienone is 2. The number of halogens is 1. The second-order valence-corrected chi connectivity index (χ2v) is 13.6. The fourth-order valence-corrected chi connectivity index (χ4v) is 6.44. The van der Waals surface area contributed by atoms with Crippen LogP contribution in [0.2, 0.25) is 5.02 Å². The molecule has 216 valence electrons. The molecule has 10 nitrogen and oxygen atoms in total. The smallest absolute Gasteiger partial charge is 0.375 e. The lowest BCUT2D eigenvalue weighted by molar-refractivity contribution is -0.658. The molecule has 0 bridgehead atoms. The monoisotopic (exact) mass is 636 g/mol. The molecule has 4 aromatic rings. The summed E-state index contributed by atoms with van der Waals surface area (Å²) in [6, 6.07) is 14.3. The van der Waals surface area contributed by atoms with Gasteiger partial charge in [0.1, 0.15) is 0 Å². The molecule has 0 fully saturated rings. The third kappa shape index (κ3) is 7.00. The lowest BCUT2D eigenvalue weighted by Gasteiger charge is -2.18. The molecule has 0 radical (unpaired) electrons. The van der Waals surface area contributed by atoms with E-state index in [1.807, 2.05) is 30.5 Å². The Hall–Kier alpha value is -3.20. The van der Waals surface area contributed by atoms with Crippen molar-refractivity contribution in [2.24, 2.45) is 0 Å². The molecule has 0 unspecified atom stereocenters. The SMILES string of the molecule is CCC(/C=C1\Oc2ccc(Cl)cc2N1CCCS(=O)(=O)O)=C\c1oc2ccc(-c3cccs3)cc2[n+]1CS(=O)(=O)[O-]. The minimum atomic E-state index is -4.67. The molecule has 0 saturated heterocycles. The van der Waals surface area contributed by atoms with Gasteiger partial charge in [0.05, 0.1) is 17.5 Å². The summed E-state index contributed by atoms with van der Waals surface area (Å²) in [6.45, 7) is 2.09. The predicted molar refractivity (Wildman–Crippen MR) is 156 cm³/mol. The Balaban J connectivity index is 1.56. The number of aromatic nitrogens is 1. The van der Waals surface area contributed by atoms with E-state index in [2.05, 4.69) is 0 Å². The van der Waals surface area contributed by atoms with E-state index < -0.39 is 31.9 Å². The Morgan fingerprint density at radius 1 is 1.17 bits per heavy atom. The first-order valence-corrected chi connectivity index (χ1v) is 16.9. The van der Waals surface area contributed by atoms with Gasteiger partial charge in [-0.1, -0.05) is 24.6 Å². The van der Waals surface area contributed by atoms with Crippen LogP contribution < -0.4 is 14.2 Å². The Morgan fingerprint density at radius 3 is 2.66 bits per heavy atom. The van der Waals surface area contributed by atoms with Crippen LogP contribution in [0.4, 0.5) is 5.69 Å². The molecule has 0 aliphatic carbocycles. The van der Waals surface area contributed by atoms with Gasteiger partial charge in [0.15, 0.2) is 15.9 Å². The van der Waals surface area contributed by atoms with Gasteiger partial charge in [0, 0.05) is 28.6 Å². The highest BCUT2D eigenvalue weighted by atomic mass is 35.5.